The smallest absolute Gasteiger partial charge is 0.266 e. The topological polar surface area (TPSA) is 75.6 Å². The molecule has 0 spiro atoms. The zero-order valence-corrected chi connectivity index (χ0v) is 19.7. The first-order valence-electron chi connectivity index (χ1n) is 10.3. The molecule has 2 amide bonds. The van der Waals surface area contributed by atoms with Gasteiger partial charge >= 0.3 is 0 Å². The summed E-state index contributed by atoms with van der Waals surface area (Å²) in [7, 11) is 3.38. The molecule has 1 fully saturated rings. The second-order valence-electron chi connectivity index (χ2n) is 8.61. The molecule has 1 aliphatic heterocycles. The van der Waals surface area contributed by atoms with Gasteiger partial charge < -0.3 is 14.5 Å². The van der Waals surface area contributed by atoms with Crippen LogP contribution in [-0.4, -0.2) is 57.8 Å². The third-order valence-corrected chi connectivity index (χ3v) is 5.89. The number of hydrogen-bond acceptors (Lipinski definition) is 5. The van der Waals surface area contributed by atoms with Gasteiger partial charge in [0, 0.05) is 31.9 Å². The van der Waals surface area contributed by atoms with Gasteiger partial charge in [0.15, 0.2) is 11.4 Å². The van der Waals surface area contributed by atoms with Crippen molar-refractivity contribution < 1.29 is 14.3 Å². The molecule has 1 aliphatic rings. The number of aryl methyl sites for hydroxylation is 2. The van der Waals surface area contributed by atoms with Gasteiger partial charge in [-0.25, -0.2) is 9.97 Å². The van der Waals surface area contributed by atoms with Crippen LogP contribution in [0.4, 0.5) is 0 Å². The average molecular weight is 445 g/mol. The number of ether oxygens (including phenoxy) is 1. The third-order valence-electron chi connectivity index (χ3n) is 5.46. The van der Waals surface area contributed by atoms with Crippen LogP contribution >= 0.6 is 11.6 Å². The zero-order valence-electron chi connectivity index (χ0n) is 18.9. The maximum absolute atomic E-state index is 13.4. The highest BCUT2D eigenvalue weighted by atomic mass is 35.5. The van der Waals surface area contributed by atoms with Crippen LogP contribution < -0.4 is 4.74 Å². The first-order valence-corrected chi connectivity index (χ1v) is 10.7. The monoisotopic (exact) mass is 444 g/mol. The average Bonchev–Trinajstić information content (AvgIpc) is 3.19. The van der Waals surface area contributed by atoms with Gasteiger partial charge in [0.05, 0.1) is 17.3 Å². The highest BCUT2D eigenvalue weighted by Crippen LogP contribution is 2.34. The molecule has 0 saturated carbocycles. The predicted molar refractivity (Wildman–Crippen MR) is 119 cm³/mol. The molecular formula is C23H29ClN4O3. The van der Waals surface area contributed by atoms with Crippen LogP contribution in [0.3, 0.4) is 0 Å². The van der Waals surface area contributed by atoms with Crippen molar-refractivity contribution in [1.82, 2.24) is 19.8 Å². The lowest BCUT2D eigenvalue weighted by Crippen LogP contribution is -2.48. The molecule has 7 nitrogen and oxygen atoms in total. The van der Waals surface area contributed by atoms with Crippen molar-refractivity contribution in [2.45, 2.75) is 52.2 Å². The highest BCUT2D eigenvalue weighted by molar-refractivity contribution is 6.31. The predicted octanol–water partition coefficient (Wildman–Crippen LogP) is 3.97. The van der Waals surface area contributed by atoms with Gasteiger partial charge in [-0.05, 0) is 64.3 Å². The van der Waals surface area contributed by atoms with E-state index in [9.17, 15) is 9.59 Å². The molecule has 0 radical (unpaired) electrons. The fourth-order valence-corrected chi connectivity index (χ4v) is 3.86. The summed E-state index contributed by atoms with van der Waals surface area (Å²) in [5.74, 6) is 0.875. The molecule has 1 unspecified atom stereocenters. The molecular weight excluding hydrogens is 416 g/mol. The van der Waals surface area contributed by atoms with Crippen molar-refractivity contribution in [2.24, 2.45) is 0 Å². The number of amides is 2. The minimum atomic E-state index is -1.07. The summed E-state index contributed by atoms with van der Waals surface area (Å²) in [6.07, 6.45) is 3.18. The van der Waals surface area contributed by atoms with Crippen LogP contribution in [0.2, 0.25) is 5.02 Å². The van der Waals surface area contributed by atoms with Crippen LogP contribution in [0.5, 0.6) is 5.75 Å². The van der Waals surface area contributed by atoms with E-state index in [2.05, 4.69) is 9.97 Å². The van der Waals surface area contributed by atoms with Gasteiger partial charge in [0.25, 0.3) is 11.8 Å². The molecule has 31 heavy (non-hydrogen) atoms. The number of aromatic nitrogens is 2. The Balaban J connectivity index is 1.81. The second kappa shape index (κ2) is 8.83. The van der Waals surface area contributed by atoms with E-state index >= 15 is 0 Å². The molecule has 0 bridgehead atoms. The Morgan fingerprint density at radius 3 is 2.58 bits per heavy atom. The summed E-state index contributed by atoms with van der Waals surface area (Å²) in [6.45, 7) is 7.82. The molecule has 1 aromatic heterocycles. The number of nitrogens with zero attached hydrogens (tertiary/aromatic N) is 4. The number of benzene rings is 1. The SMILES string of the molecule is Cc1cc(OC(C)(C)C(=O)N2CCCC2c2ncc(C(=O)N(C)C)c(C)n2)ccc1Cl. The van der Waals surface area contributed by atoms with E-state index in [1.54, 1.807) is 58.1 Å². The maximum atomic E-state index is 13.4. The molecule has 0 N–H and O–H groups in total. The lowest BCUT2D eigenvalue weighted by atomic mass is 10.1. The van der Waals surface area contributed by atoms with Gasteiger partial charge in [-0.3, -0.25) is 9.59 Å². The van der Waals surface area contributed by atoms with Crippen molar-refractivity contribution in [3.63, 3.8) is 0 Å². The fraction of sp³-hybridized carbons (Fsp3) is 0.478. The number of rotatable bonds is 5. The summed E-state index contributed by atoms with van der Waals surface area (Å²) >= 11 is 6.10. The van der Waals surface area contributed by atoms with Gasteiger partial charge in [0.2, 0.25) is 0 Å². The number of halogens is 1. The maximum Gasteiger partial charge on any atom is 0.266 e. The number of carbonyl (C=O) groups is 2. The van der Waals surface area contributed by atoms with E-state index < -0.39 is 5.60 Å². The van der Waals surface area contributed by atoms with Gasteiger partial charge in [0.1, 0.15) is 5.75 Å². The lowest BCUT2D eigenvalue weighted by molar-refractivity contribution is -0.146. The molecule has 1 saturated heterocycles. The summed E-state index contributed by atoms with van der Waals surface area (Å²) < 4.78 is 6.06. The van der Waals surface area contributed by atoms with Crippen LogP contribution in [0, 0.1) is 13.8 Å². The van der Waals surface area contributed by atoms with Crippen LogP contribution in [0.15, 0.2) is 24.4 Å². The summed E-state index contributed by atoms with van der Waals surface area (Å²) in [5.41, 5.74) is 0.887. The molecule has 2 heterocycles. The van der Waals surface area contributed by atoms with E-state index in [0.717, 1.165) is 18.4 Å². The molecule has 0 aliphatic carbocycles. The molecule has 1 aromatic carbocycles. The van der Waals surface area contributed by atoms with Gasteiger partial charge in [-0.1, -0.05) is 11.6 Å². The van der Waals surface area contributed by atoms with Crippen LogP contribution in [0.25, 0.3) is 0 Å². The van der Waals surface area contributed by atoms with E-state index in [0.29, 0.717) is 34.4 Å². The van der Waals surface area contributed by atoms with Crippen LogP contribution in [-0.2, 0) is 4.79 Å². The molecule has 8 heteroatoms. The van der Waals surface area contributed by atoms with Crippen molar-refractivity contribution in [2.75, 3.05) is 20.6 Å². The quantitative estimate of drug-likeness (QED) is 0.697. The summed E-state index contributed by atoms with van der Waals surface area (Å²) in [6, 6.07) is 5.10. The minimum Gasteiger partial charge on any atom is -0.478 e. The zero-order chi connectivity index (χ0) is 22.9. The molecule has 3 rings (SSSR count). The molecule has 1 atom stereocenters. The lowest BCUT2D eigenvalue weighted by Gasteiger charge is -2.33. The fourth-order valence-electron chi connectivity index (χ4n) is 3.74. The van der Waals surface area contributed by atoms with E-state index in [1.807, 2.05) is 13.0 Å². The first-order chi connectivity index (χ1) is 14.5. The van der Waals surface area contributed by atoms with Gasteiger partial charge in [-0.2, -0.15) is 0 Å². The summed E-state index contributed by atoms with van der Waals surface area (Å²) in [5, 5.41) is 0.653. The number of carbonyl (C=O) groups excluding carboxylic acids is 2. The number of hydrogen-bond donors (Lipinski definition) is 0. The highest BCUT2D eigenvalue weighted by Gasteiger charge is 2.41. The van der Waals surface area contributed by atoms with Gasteiger partial charge in [-0.15, -0.1) is 0 Å². The Morgan fingerprint density at radius 1 is 1.26 bits per heavy atom. The van der Waals surface area contributed by atoms with E-state index in [4.69, 9.17) is 16.3 Å². The molecule has 2 aromatic rings. The Labute approximate surface area is 188 Å². The van der Waals surface area contributed by atoms with Crippen molar-refractivity contribution in [1.29, 1.82) is 0 Å². The Hall–Kier alpha value is -2.67. The largest absolute Gasteiger partial charge is 0.478 e. The normalized spacial score (nSPS) is 16.4. The number of likely N-dealkylation sites (tertiary alicyclic amines) is 1. The standard InChI is InChI=1S/C23H29ClN4O3/c1-14-12-16(9-10-18(14)24)31-23(3,4)22(30)28-11-7-8-19(28)20-25-13-17(15(2)26-20)21(29)27(5)6/h9-10,12-13,19H,7-8,11H2,1-6H3. The van der Waals surface area contributed by atoms with E-state index in [-0.39, 0.29) is 17.9 Å². The Morgan fingerprint density at radius 2 is 1.97 bits per heavy atom. The van der Waals surface area contributed by atoms with Crippen molar-refractivity contribution >= 4 is 23.4 Å². The van der Waals surface area contributed by atoms with Crippen molar-refractivity contribution in [3.8, 4) is 5.75 Å². The third kappa shape index (κ3) is 4.82. The first kappa shape index (κ1) is 23.0. The summed E-state index contributed by atoms with van der Waals surface area (Å²) in [4.78, 5) is 38.0. The molecule has 166 valence electrons. The van der Waals surface area contributed by atoms with Crippen LogP contribution in [0.1, 0.15) is 60.2 Å². The van der Waals surface area contributed by atoms with Crippen molar-refractivity contribution in [3.05, 3.63) is 52.1 Å². The van der Waals surface area contributed by atoms with E-state index in [1.165, 1.54) is 4.90 Å². The minimum absolute atomic E-state index is 0.127. The Kier molecular flexibility index (Phi) is 6.55. The Bertz CT molecular complexity index is 1010. The second-order valence-corrected chi connectivity index (χ2v) is 9.01.